The number of benzene rings is 4. The quantitative estimate of drug-likeness (QED) is 0.249. The second kappa shape index (κ2) is 8.52. The molecule has 6 aromatic rings. The number of aryl methyl sites for hydroxylation is 3. The van der Waals surface area contributed by atoms with Crippen LogP contribution in [0.5, 0.6) is 0 Å². The third kappa shape index (κ3) is 3.39. The van der Waals surface area contributed by atoms with Crippen molar-refractivity contribution in [3.63, 3.8) is 0 Å². The third-order valence-corrected chi connectivity index (χ3v) is 7.09. The van der Waals surface area contributed by atoms with Gasteiger partial charge in [-0.1, -0.05) is 66.7 Å². The molecule has 0 atom stereocenters. The van der Waals surface area contributed by atoms with Gasteiger partial charge < -0.3 is 4.42 Å². The van der Waals surface area contributed by atoms with Gasteiger partial charge in [0.15, 0.2) is 11.8 Å². The number of rotatable bonds is 3. The predicted molar refractivity (Wildman–Crippen MR) is 145 cm³/mol. The van der Waals surface area contributed by atoms with Crippen molar-refractivity contribution in [2.75, 3.05) is 0 Å². The Labute approximate surface area is 210 Å². The molecule has 0 spiro atoms. The van der Waals surface area contributed by atoms with E-state index in [4.69, 9.17) is 4.42 Å². The van der Waals surface area contributed by atoms with Gasteiger partial charge in [-0.2, -0.15) is 5.26 Å². The summed E-state index contributed by atoms with van der Waals surface area (Å²) < 4.78 is 8.63. The average molecular weight is 466 g/mol. The standard InChI is InChI=1S/C33H25N2O/c1-21-8-4-5-9-25(21)23-12-14-24(15-13-23)26-17-18-27-28-16-11-22(2)31(30-10-6-7-19-35(30)3)33(28)36-32(27)29(26)20-34/h4-19H,1-3H3/q+1. The van der Waals surface area contributed by atoms with E-state index in [1.54, 1.807) is 0 Å². The lowest BCUT2D eigenvalue weighted by molar-refractivity contribution is -0.660. The van der Waals surface area contributed by atoms with Gasteiger partial charge in [0, 0.05) is 28.5 Å². The average Bonchev–Trinajstić information content (AvgIpc) is 3.28. The van der Waals surface area contributed by atoms with Gasteiger partial charge in [0.25, 0.3) is 0 Å². The van der Waals surface area contributed by atoms with E-state index in [9.17, 15) is 5.26 Å². The number of nitriles is 1. The molecular formula is C33H25N2O+. The third-order valence-electron chi connectivity index (χ3n) is 7.09. The summed E-state index contributed by atoms with van der Waals surface area (Å²) in [5, 5.41) is 12.2. The number of hydrogen-bond donors (Lipinski definition) is 0. The fourth-order valence-electron chi connectivity index (χ4n) is 5.18. The van der Waals surface area contributed by atoms with Crippen LogP contribution in [0.25, 0.3) is 55.4 Å². The number of hydrogen-bond acceptors (Lipinski definition) is 2. The second-order valence-electron chi connectivity index (χ2n) is 9.30. The molecule has 0 amide bonds. The molecule has 2 heterocycles. The van der Waals surface area contributed by atoms with Crippen molar-refractivity contribution in [3.05, 3.63) is 114 Å². The largest absolute Gasteiger partial charge is 0.454 e. The molecule has 172 valence electrons. The Kier molecular flexibility index (Phi) is 5.16. The first-order valence-corrected chi connectivity index (χ1v) is 12.1. The summed E-state index contributed by atoms with van der Waals surface area (Å²) in [6.45, 7) is 4.22. The van der Waals surface area contributed by atoms with Crippen molar-refractivity contribution < 1.29 is 8.98 Å². The van der Waals surface area contributed by atoms with E-state index < -0.39 is 0 Å². The Morgan fingerprint density at radius 3 is 2.06 bits per heavy atom. The van der Waals surface area contributed by atoms with Crippen molar-refractivity contribution >= 4 is 21.9 Å². The Morgan fingerprint density at radius 2 is 1.33 bits per heavy atom. The van der Waals surface area contributed by atoms with Crippen LogP contribution in [0.2, 0.25) is 0 Å². The van der Waals surface area contributed by atoms with Gasteiger partial charge in [-0.25, -0.2) is 4.57 Å². The number of pyridine rings is 1. The Hall–Kier alpha value is -4.68. The van der Waals surface area contributed by atoms with Gasteiger partial charge in [-0.05, 0) is 53.8 Å². The first-order valence-electron chi connectivity index (χ1n) is 12.1. The number of aromatic nitrogens is 1. The normalized spacial score (nSPS) is 11.2. The molecule has 3 heteroatoms. The molecule has 6 rings (SSSR count). The van der Waals surface area contributed by atoms with Crippen molar-refractivity contribution in [2.24, 2.45) is 7.05 Å². The van der Waals surface area contributed by atoms with E-state index in [2.05, 4.69) is 97.3 Å². The second-order valence-corrected chi connectivity index (χ2v) is 9.30. The molecule has 0 radical (unpaired) electrons. The molecule has 0 unspecified atom stereocenters. The minimum atomic E-state index is 0.563. The molecule has 0 saturated heterocycles. The van der Waals surface area contributed by atoms with Crippen LogP contribution in [0.4, 0.5) is 0 Å². The highest BCUT2D eigenvalue weighted by Crippen LogP contribution is 2.40. The van der Waals surface area contributed by atoms with E-state index in [0.29, 0.717) is 11.1 Å². The predicted octanol–water partition coefficient (Wildman–Crippen LogP) is 7.90. The van der Waals surface area contributed by atoms with Crippen LogP contribution in [0.3, 0.4) is 0 Å². The van der Waals surface area contributed by atoms with Crippen molar-refractivity contribution in [2.45, 2.75) is 13.8 Å². The lowest BCUT2D eigenvalue weighted by Gasteiger charge is -2.09. The minimum absolute atomic E-state index is 0.563. The van der Waals surface area contributed by atoms with Gasteiger partial charge in [0.1, 0.15) is 24.3 Å². The monoisotopic (exact) mass is 465 g/mol. The number of fused-ring (bicyclic) bond motifs is 3. The molecule has 0 bridgehead atoms. The van der Waals surface area contributed by atoms with Crippen LogP contribution in [0.15, 0.2) is 102 Å². The highest BCUT2D eigenvalue weighted by Gasteiger charge is 2.22. The summed E-state index contributed by atoms with van der Waals surface area (Å²) in [5.74, 6) is 0. The van der Waals surface area contributed by atoms with E-state index in [0.717, 1.165) is 49.9 Å². The molecule has 0 fully saturated rings. The molecule has 0 N–H and O–H groups in total. The van der Waals surface area contributed by atoms with Crippen LogP contribution < -0.4 is 4.57 Å². The van der Waals surface area contributed by atoms with Crippen LogP contribution in [-0.4, -0.2) is 0 Å². The summed E-state index contributed by atoms with van der Waals surface area (Å²) in [5.41, 5.74) is 10.8. The smallest absolute Gasteiger partial charge is 0.216 e. The van der Waals surface area contributed by atoms with Gasteiger partial charge in [0.05, 0.1) is 5.56 Å². The van der Waals surface area contributed by atoms with Crippen molar-refractivity contribution in [3.8, 4) is 39.6 Å². The molecule has 0 aliphatic carbocycles. The molecule has 36 heavy (non-hydrogen) atoms. The summed E-state index contributed by atoms with van der Waals surface area (Å²) >= 11 is 0. The summed E-state index contributed by atoms with van der Waals surface area (Å²) in [7, 11) is 2.04. The van der Waals surface area contributed by atoms with Gasteiger partial charge in [0.2, 0.25) is 5.69 Å². The van der Waals surface area contributed by atoms with Crippen LogP contribution >= 0.6 is 0 Å². The first-order chi connectivity index (χ1) is 17.6. The number of furan rings is 1. The van der Waals surface area contributed by atoms with Crippen LogP contribution in [0.1, 0.15) is 16.7 Å². The maximum Gasteiger partial charge on any atom is 0.216 e. The van der Waals surface area contributed by atoms with Gasteiger partial charge in [-0.15, -0.1) is 0 Å². The fraction of sp³-hybridized carbons (Fsp3) is 0.0909. The molecule has 2 aromatic heterocycles. The molecule has 0 saturated carbocycles. The summed E-state index contributed by atoms with van der Waals surface area (Å²) in [6.07, 6.45) is 2.04. The molecule has 0 aliphatic rings. The Balaban J connectivity index is 1.54. The zero-order valence-electron chi connectivity index (χ0n) is 20.5. The number of nitrogens with zero attached hydrogens (tertiary/aromatic N) is 2. The van der Waals surface area contributed by atoms with Crippen LogP contribution in [0, 0.1) is 25.2 Å². The lowest BCUT2D eigenvalue weighted by Crippen LogP contribution is -2.30. The zero-order valence-corrected chi connectivity index (χ0v) is 20.5. The van der Waals surface area contributed by atoms with Gasteiger partial charge >= 0.3 is 0 Å². The maximum atomic E-state index is 10.2. The zero-order chi connectivity index (χ0) is 24.8. The van der Waals surface area contributed by atoms with E-state index in [-0.39, 0.29) is 0 Å². The molecule has 0 aliphatic heterocycles. The topological polar surface area (TPSA) is 40.8 Å². The van der Waals surface area contributed by atoms with Crippen LogP contribution in [-0.2, 0) is 7.05 Å². The van der Waals surface area contributed by atoms with Crippen molar-refractivity contribution in [1.82, 2.24) is 0 Å². The fourth-order valence-corrected chi connectivity index (χ4v) is 5.18. The summed E-state index contributed by atoms with van der Waals surface area (Å²) in [4.78, 5) is 0. The van der Waals surface area contributed by atoms with Gasteiger partial charge in [-0.3, -0.25) is 0 Å². The first kappa shape index (κ1) is 21.8. The Morgan fingerprint density at radius 1 is 0.667 bits per heavy atom. The Bertz CT molecular complexity index is 1820. The molecule has 4 aromatic carbocycles. The van der Waals surface area contributed by atoms with E-state index in [1.165, 1.54) is 11.1 Å². The van der Waals surface area contributed by atoms with E-state index in [1.807, 2.05) is 31.4 Å². The highest BCUT2D eigenvalue weighted by molar-refractivity contribution is 6.12. The van der Waals surface area contributed by atoms with E-state index >= 15 is 0 Å². The van der Waals surface area contributed by atoms with Crippen molar-refractivity contribution in [1.29, 1.82) is 5.26 Å². The lowest BCUT2D eigenvalue weighted by atomic mass is 9.94. The molecular weight excluding hydrogens is 440 g/mol. The highest BCUT2D eigenvalue weighted by atomic mass is 16.3. The minimum Gasteiger partial charge on any atom is -0.454 e. The maximum absolute atomic E-state index is 10.2. The summed E-state index contributed by atoms with van der Waals surface area (Å²) in [6, 6.07) is 33.7. The molecule has 3 nitrogen and oxygen atoms in total. The SMILES string of the molecule is Cc1ccccc1-c1ccc(-c2ccc3c(oc4c(-c5cccc[n+]5C)c(C)ccc43)c2C#N)cc1.